The zero-order valence-corrected chi connectivity index (χ0v) is 18.5. The Morgan fingerprint density at radius 1 is 1.30 bits per heavy atom. The second-order valence-electron chi connectivity index (χ2n) is 7.60. The second-order valence-corrected chi connectivity index (χ2v) is 7.60. The third-order valence-corrected chi connectivity index (χ3v) is 5.77. The molecule has 1 aromatic rings. The van der Waals surface area contributed by atoms with Gasteiger partial charge in [-0.3, -0.25) is 4.99 Å². The summed E-state index contributed by atoms with van der Waals surface area (Å²) in [6, 6.07) is 4.15. The van der Waals surface area contributed by atoms with Crippen molar-refractivity contribution in [2.24, 2.45) is 10.9 Å². The van der Waals surface area contributed by atoms with Gasteiger partial charge in [0.2, 0.25) is 0 Å². The Labute approximate surface area is 177 Å². The van der Waals surface area contributed by atoms with Gasteiger partial charge in [-0.05, 0) is 31.4 Å². The van der Waals surface area contributed by atoms with Crippen LogP contribution in [0.15, 0.2) is 23.2 Å². The lowest BCUT2D eigenvalue weighted by atomic mass is 9.78. The minimum atomic E-state index is -0.511. The summed E-state index contributed by atoms with van der Waals surface area (Å²) >= 11 is 0. The molecule has 0 radical (unpaired) electrons. The molecule has 1 N–H and O–H groups in total. The van der Waals surface area contributed by atoms with Gasteiger partial charge in [-0.2, -0.15) is 0 Å². The molecule has 152 valence electrons. The van der Waals surface area contributed by atoms with Gasteiger partial charge in [0.15, 0.2) is 5.96 Å². The second kappa shape index (κ2) is 10.0. The maximum atomic E-state index is 14.5. The number of hydrogen-bond acceptors (Lipinski definition) is 2. The summed E-state index contributed by atoms with van der Waals surface area (Å²) in [7, 11) is 3.74. The molecule has 1 unspecified atom stereocenters. The lowest BCUT2D eigenvalue weighted by Gasteiger charge is -2.33. The monoisotopic (exact) mass is 493 g/mol. The van der Waals surface area contributed by atoms with Crippen LogP contribution >= 0.6 is 24.0 Å². The summed E-state index contributed by atoms with van der Waals surface area (Å²) in [6.45, 7) is 2.95. The van der Waals surface area contributed by atoms with E-state index in [0.29, 0.717) is 12.5 Å². The van der Waals surface area contributed by atoms with E-state index in [1.807, 2.05) is 7.05 Å². The largest absolute Gasteiger partial charge is 0.381 e. The van der Waals surface area contributed by atoms with E-state index in [4.69, 9.17) is 4.74 Å². The van der Waals surface area contributed by atoms with Gasteiger partial charge in [-0.15, -0.1) is 24.0 Å². The van der Waals surface area contributed by atoms with E-state index >= 15 is 0 Å². The fraction of sp³-hybridized carbons (Fsp3) is 0.650. The molecule has 1 atom stereocenters. The molecule has 0 spiro atoms. The minimum absolute atomic E-state index is 0. The van der Waals surface area contributed by atoms with Crippen LogP contribution in [0.1, 0.15) is 37.7 Å². The molecule has 1 heterocycles. The van der Waals surface area contributed by atoms with Crippen molar-refractivity contribution >= 4 is 29.9 Å². The van der Waals surface area contributed by atoms with Crippen LogP contribution in [0.5, 0.6) is 0 Å². The first-order valence-electron chi connectivity index (χ1n) is 9.50. The highest BCUT2D eigenvalue weighted by Crippen LogP contribution is 2.42. The van der Waals surface area contributed by atoms with E-state index in [9.17, 15) is 8.78 Å². The van der Waals surface area contributed by atoms with Crippen LogP contribution in [-0.4, -0.2) is 51.3 Å². The number of hydrogen-bond donors (Lipinski definition) is 1. The number of aliphatic imine (C=N–C) groups is 1. The van der Waals surface area contributed by atoms with Crippen LogP contribution in [-0.2, 0) is 10.2 Å². The Morgan fingerprint density at radius 2 is 1.96 bits per heavy atom. The summed E-state index contributed by atoms with van der Waals surface area (Å²) in [6.07, 6.45) is 4.61. The van der Waals surface area contributed by atoms with E-state index in [1.54, 1.807) is 7.05 Å². The van der Waals surface area contributed by atoms with Crippen molar-refractivity contribution in [3.63, 3.8) is 0 Å². The van der Waals surface area contributed by atoms with Crippen molar-refractivity contribution in [3.8, 4) is 0 Å². The number of halogens is 3. The van der Waals surface area contributed by atoms with Gasteiger partial charge in [0.25, 0.3) is 0 Å². The highest BCUT2D eigenvalue weighted by atomic mass is 127. The van der Waals surface area contributed by atoms with E-state index in [2.05, 4.69) is 15.2 Å². The Hall–Kier alpha value is -0.960. The molecule has 0 aromatic heterocycles. The van der Waals surface area contributed by atoms with E-state index in [0.717, 1.165) is 57.8 Å². The zero-order chi connectivity index (χ0) is 18.6. The molecule has 1 aromatic carbocycles. The first-order valence-corrected chi connectivity index (χ1v) is 9.50. The van der Waals surface area contributed by atoms with Gasteiger partial charge in [0, 0.05) is 50.7 Å². The highest BCUT2D eigenvalue weighted by molar-refractivity contribution is 14.0. The minimum Gasteiger partial charge on any atom is -0.381 e. The smallest absolute Gasteiger partial charge is 0.193 e. The molecule has 1 saturated carbocycles. The Balaban J connectivity index is 0.00000261. The summed E-state index contributed by atoms with van der Waals surface area (Å²) in [5, 5.41) is 3.38. The van der Waals surface area contributed by atoms with Crippen LogP contribution in [0.4, 0.5) is 8.78 Å². The topological polar surface area (TPSA) is 36.9 Å². The van der Waals surface area contributed by atoms with Gasteiger partial charge in [0.1, 0.15) is 11.6 Å². The van der Waals surface area contributed by atoms with Crippen molar-refractivity contribution in [1.82, 2.24) is 10.2 Å². The number of nitrogens with zero attached hydrogens (tertiary/aromatic N) is 2. The number of rotatable bonds is 5. The van der Waals surface area contributed by atoms with Crippen molar-refractivity contribution < 1.29 is 13.5 Å². The van der Waals surface area contributed by atoms with Crippen LogP contribution in [0.3, 0.4) is 0 Å². The normalized spacial score (nSPS) is 21.8. The quantitative estimate of drug-likeness (QED) is 0.384. The lowest BCUT2D eigenvalue weighted by Crippen LogP contribution is -2.47. The maximum Gasteiger partial charge on any atom is 0.193 e. The predicted octanol–water partition coefficient (Wildman–Crippen LogP) is 3.94. The number of ether oxygens (including phenoxy) is 1. The predicted molar refractivity (Wildman–Crippen MR) is 115 cm³/mol. The standard InChI is InChI=1S/C20H29F2N3O.HI/c1-23-19(25(2)12-15-8-11-26-13-15)24-14-20(9-3-4-10-20)18-16(21)6-5-7-17(18)22;/h5-7,15H,3-4,8-14H2,1-2H3,(H,23,24);1H. The maximum absolute atomic E-state index is 14.5. The molecular weight excluding hydrogens is 463 g/mol. The first kappa shape index (κ1) is 22.3. The summed E-state index contributed by atoms with van der Waals surface area (Å²) < 4.78 is 34.4. The number of benzene rings is 1. The molecule has 7 heteroatoms. The Bertz CT molecular complexity index is 624. The Kier molecular flexibility index (Phi) is 8.27. The first-order chi connectivity index (χ1) is 12.6. The zero-order valence-electron chi connectivity index (χ0n) is 16.1. The summed E-state index contributed by atoms with van der Waals surface area (Å²) in [5.41, 5.74) is -0.282. The van der Waals surface area contributed by atoms with Crippen LogP contribution in [0, 0.1) is 17.6 Å². The molecule has 4 nitrogen and oxygen atoms in total. The molecule has 2 aliphatic rings. The van der Waals surface area contributed by atoms with E-state index in [1.165, 1.54) is 18.2 Å². The lowest BCUT2D eigenvalue weighted by molar-refractivity contribution is 0.181. The molecule has 0 amide bonds. The summed E-state index contributed by atoms with van der Waals surface area (Å²) in [5.74, 6) is 0.378. The van der Waals surface area contributed by atoms with E-state index < -0.39 is 17.0 Å². The van der Waals surface area contributed by atoms with Gasteiger partial charge in [-0.25, -0.2) is 8.78 Å². The fourth-order valence-corrected chi connectivity index (χ4v) is 4.41. The summed E-state index contributed by atoms with van der Waals surface area (Å²) in [4.78, 5) is 6.45. The van der Waals surface area contributed by atoms with Crippen LogP contribution < -0.4 is 5.32 Å². The molecule has 27 heavy (non-hydrogen) atoms. The fourth-order valence-electron chi connectivity index (χ4n) is 4.41. The van der Waals surface area contributed by atoms with Gasteiger partial charge in [0.05, 0.1) is 6.61 Å². The molecule has 2 fully saturated rings. The number of guanidine groups is 1. The molecule has 0 bridgehead atoms. The Morgan fingerprint density at radius 3 is 2.52 bits per heavy atom. The van der Waals surface area contributed by atoms with Gasteiger partial charge in [-0.1, -0.05) is 18.9 Å². The van der Waals surface area contributed by atoms with Gasteiger partial charge >= 0.3 is 0 Å². The molecular formula is C20H30F2IN3O. The van der Waals surface area contributed by atoms with Crippen molar-refractivity contribution in [2.75, 3.05) is 40.4 Å². The third kappa shape index (κ3) is 5.10. The van der Waals surface area contributed by atoms with Crippen molar-refractivity contribution in [3.05, 3.63) is 35.4 Å². The van der Waals surface area contributed by atoms with Gasteiger partial charge < -0.3 is 15.0 Å². The van der Waals surface area contributed by atoms with Crippen molar-refractivity contribution in [1.29, 1.82) is 0 Å². The number of nitrogens with one attached hydrogen (secondary N) is 1. The average Bonchev–Trinajstić information content (AvgIpc) is 3.28. The highest BCUT2D eigenvalue weighted by Gasteiger charge is 2.40. The van der Waals surface area contributed by atoms with E-state index in [-0.39, 0.29) is 29.5 Å². The average molecular weight is 493 g/mol. The molecule has 3 rings (SSSR count). The van der Waals surface area contributed by atoms with Crippen molar-refractivity contribution in [2.45, 2.75) is 37.5 Å². The SMILES string of the molecule is CN=C(NCC1(c2c(F)cccc2F)CCCC1)N(C)CC1CCOC1.I. The molecule has 1 saturated heterocycles. The molecule has 1 aliphatic carbocycles. The molecule has 1 aliphatic heterocycles. The van der Waals surface area contributed by atoms with Crippen LogP contribution in [0.25, 0.3) is 0 Å². The third-order valence-electron chi connectivity index (χ3n) is 5.77. The van der Waals surface area contributed by atoms with Crippen LogP contribution in [0.2, 0.25) is 0 Å².